The maximum absolute atomic E-state index is 11.5. The minimum Gasteiger partial charge on any atom is -0.481 e. The molecular formula is C12H20N2O3. The summed E-state index contributed by atoms with van der Waals surface area (Å²) in [5.41, 5.74) is 0. The highest BCUT2D eigenvalue weighted by molar-refractivity contribution is 5.76. The van der Waals surface area contributed by atoms with E-state index in [1.165, 1.54) is 0 Å². The van der Waals surface area contributed by atoms with Crippen molar-refractivity contribution in [3.05, 3.63) is 0 Å². The van der Waals surface area contributed by atoms with Crippen LogP contribution in [0, 0.1) is 5.92 Å². The Balaban J connectivity index is 1.95. The quantitative estimate of drug-likeness (QED) is 0.735. The van der Waals surface area contributed by atoms with Crippen LogP contribution in [-0.2, 0) is 9.59 Å². The van der Waals surface area contributed by atoms with Gasteiger partial charge in [-0.1, -0.05) is 0 Å². The summed E-state index contributed by atoms with van der Waals surface area (Å²) in [6.07, 6.45) is 4.20. The van der Waals surface area contributed by atoms with E-state index in [9.17, 15) is 9.59 Å². The van der Waals surface area contributed by atoms with Crippen molar-refractivity contribution < 1.29 is 14.7 Å². The number of amides is 1. The predicted molar refractivity (Wildman–Crippen MR) is 62.6 cm³/mol. The molecule has 2 aliphatic heterocycles. The van der Waals surface area contributed by atoms with Crippen LogP contribution in [0.3, 0.4) is 0 Å². The van der Waals surface area contributed by atoms with Gasteiger partial charge in [0.05, 0.1) is 5.92 Å². The molecule has 2 rings (SSSR count). The van der Waals surface area contributed by atoms with Crippen molar-refractivity contribution in [1.82, 2.24) is 10.2 Å². The molecule has 1 amide bonds. The first-order chi connectivity index (χ1) is 8.16. The zero-order valence-corrected chi connectivity index (χ0v) is 10.0. The van der Waals surface area contributed by atoms with Gasteiger partial charge in [0.25, 0.3) is 0 Å². The summed E-state index contributed by atoms with van der Waals surface area (Å²) in [7, 11) is 0. The predicted octanol–water partition coefficient (Wildman–Crippen LogP) is 0.452. The number of piperidine rings is 1. The number of aliphatic carboxylic acids is 1. The number of carboxylic acids is 1. The molecule has 0 aliphatic carbocycles. The largest absolute Gasteiger partial charge is 0.481 e. The van der Waals surface area contributed by atoms with Crippen molar-refractivity contribution in [2.24, 2.45) is 5.92 Å². The number of carbonyl (C=O) groups excluding carboxylic acids is 1. The van der Waals surface area contributed by atoms with Gasteiger partial charge in [-0.25, -0.2) is 0 Å². The maximum atomic E-state index is 11.5. The fourth-order valence-corrected chi connectivity index (χ4v) is 2.81. The second-order valence-electron chi connectivity index (χ2n) is 5.02. The molecule has 0 aromatic rings. The van der Waals surface area contributed by atoms with Gasteiger partial charge in [0.2, 0.25) is 5.91 Å². The van der Waals surface area contributed by atoms with Gasteiger partial charge in [0.1, 0.15) is 0 Å². The van der Waals surface area contributed by atoms with E-state index in [2.05, 4.69) is 10.2 Å². The average Bonchev–Trinajstić information content (AvgIpc) is 2.54. The van der Waals surface area contributed by atoms with Crippen molar-refractivity contribution in [3.63, 3.8) is 0 Å². The third-order valence-corrected chi connectivity index (χ3v) is 3.78. The lowest BCUT2D eigenvalue weighted by Crippen LogP contribution is -2.45. The third-order valence-electron chi connectivity index (χ3n) is 3.78. The molecule has 0 spiro atoms. The van der Waals surface area contributed by atoms with Crippen molar-refractivity contribution in [3.8, 4) is 0 Å². The topological polar surface area (TPSA) is 69.6 Å². The van der Waals surface area contributed by atoms with Crippen LogP contribution in [0.4, 0.5) is 0 Å². The van der Waals surface area contributed by atoms with Gasteiger partial charge in [-0.2, -0.15) is 0 Å². The minimum absolute atomic E-state index is 0.102. The number of carboxylic acid groups (broad SMARTS) is 1. The number of nitrogens with zero attached hydrogens (tertiary/aromatic N) is 1. The second kappa shape index (κ2) is 5.49. The van der Waals surface area contributed by atoms with Gasteiger partial charge in [-0.3, -0.25) is 14.5 Å². The number of hydrogen-bond donors (Lipinski definition) is 2. The molecule has 0 saturated carbocycles. The maximum Gasteiger partial charge on any atom is 0.307 e. The van der Waals surface area contributed by atoms with Crippen LogP contribution in [0.5, 0.6) is 0 Å². The molecule has 2 N–H and O–H groups in total. The zero-order chi connectivity index (χ0) is 12.3. The van der Waals surface area contributed by atoms with Crippen LogP contribution in [0.1, 0.15) is 32.1 Å². The van der Waals surface area contributed by atoms with E-state index >= 15 is 0 Å². The molecule has 0 aromatic heterocycles. The lowest BCUT2D eigenvalue weighted by Gasteiger charge is -2.36. The average molecular weight is 240 g/mol. The summed E-state index contributed by atoms with van der Waals surface area (Å²) in [6.45, 7) is 2.29. The molecule has 2 aliphatic rings. The highest BCUT2D eigenvalue weighted by atomic mass is 16.4. The van der Waals surface area contributed by atoms with E-state index in [-0.39, 0.29) is 17.9 Å². The first-order valence-corrected chi connectivity index (χ1v) is 6.40. The Morgan fingerprint density at radius 3 is 2.94 bits per heavy atom. The Hall–Kier alpha value is -1.10. The molecule has 0 bridgehead atoms. The van der Waals surface area contributed by atoms with Gasteiger partial charge >= 0.3 is 5.97 Å². The molecule has 2 fully saturated rings. The normalized spacial score (nSPS) is 31.6. The Labute approximate surface area is 101 Å². The summed E-state index contributed by atoms with van der Waals surface area (Å²) in [6, 6.07) is 0.236. The summed E-state index contributed by atoms with van der Waals surface area (Å²) >= 11 is 0. The number of likely N-dealkylation sites (tertiary alicyclic amines) is 1. The Morgan fingerprint density at radius 1 is 1.35 bits per heavy atom. The molecule has 2 heterocycles. The molecular weight excluding hydrogens is 220 g/mol. The highest BCUT2D eigenvalue weighted by Crippen LogP contribution is 2.22. The zero-order valence-electron chi connectivity index (χ0n) is 10.0. The Morgan fingerprint density at radius 2 is 2.18 bits per heavy atom. The number of rotatable bonds is 2. The van der Waals surface area contributed by atoms with E-state index < -0.39 is 5.97 Å². The van der Waals surface area contributed by atoms with Crippen LogP contribution >= 0.6 is 0 Å². The molecule has 2 atom stereocenters. The molecule has 0 aromatic carbocycles. The third kappa shape index (κ3) is 3.19. The van der Waals surface area contributed by atoms with Crippen LogP contribution in [-0.4, -0.2) is 47.6 Å². The molecule has 2 unspecified atom stereocenters. The molecule has 0 radical (unpaired) electrons. The summed E-state index contributed by atoms with van der Waals surface area (Å²) in [4.78, 5) is 24.7. The van der Waals surface area contributed by atoms with Crippen LogP contribution in [0.25, 0.3) is 0 Å². The number of nitrogens with one attached hydrogen (secondary N) is 1. The smallest absolute Gasteiger partial charge is 0.307 e. The highest BCUT2D eigenvalue weighted by Gasteiger charge is 2.31. The van der Waals surface area contributed by atoms with E-state index in [4.69, 9.17) is 5.11 Å². The lowest BCUT2D eigenvalue weighted by molar-refractivity contribution is -0.144. The van der Waals surface area contributed by atoms with Crippen molar-refractivity contribution in [1.29, 1.82) is 0 Å². The van der Waals surface area contributed by atoms with Crippen molar-refractivity contribution >= 4 is 11.9 Å². The fraction of sp³-hybridized carbons (Fsp3) is 0.833. The van der Waals surface area contributed by atoms with Gasteiger partial charge in [-0.05, 0) is 32.2 Å². The first kappa shape index (κ1) is 12.4. The molecule has 2 saturated heterocycles. The van der Waals surface area contributed by atoms with Crippen molar-refractivity contribution in [2.75, 3.05) is 19.6 Å². The molecule has 96 valence electrons. The van der Waals surface area contributed by atoms with Gasteiger partial charge in [0, 0.05) is 25.6 Å². The van der Waals surface area contributed by atoms with Crippen molar-refractivity contribution in [2.45, 2.75) is 38.1 Å². The Bertz CT molecular complexity index is 306. The van der Waals surface area contributed by atoms with Crippen LogP contribution in [0.15, 0.2) is 0 Å². The molecule has 5 nitrogen and oxygen atoms in total. The minimum atomic E-state index is -0.701. The SMILES string of the molecule is O=C1CC(N2CCCC(C(=O)O)C2)CCCN1. The van der Waals surface area contributed by atoms with Crippen LogP contribution in [0.2, 0.25) is 0 Å². The Kier molecular flexibility index (Phi) is 3.99. The summed E-state index contributed by atoms with van der Waals surface area (Å²) < 4.78 is 0. The second-order valence-corrected chi connectivity index (χ2v) is 5.02. The molecule has 17 heavy (non-hydrogen) atoms. The number of carbonyl (C=O) groups is 2. The van der Waals surface area contributed by atoms with E-state index in [1.54, 1.807) is 0 Å². The fourth-order valence-electron chi connectivity index (χ4n) is 2.81. The van der Waals surface area contributed by atoms with Gasteiger partial charge < -0.3 is 10.4 Å². The van der Waals surface area contributed by atoms with Gasteiger partial charge in [-0.15, -0.1) is 0 Å². The van der Waals surface area contributed by atoms with E-state index in [0.717, 1.165) is 38.8 Å². The standard InChI is InChI=1S/C12H20N2O3/c15-11-7-10(4-1-5-13-11)14-6-2-3-9(8-14)12(16)17/h9-10H,1-8H2,(H,13,15)(H,16,17). The summed E-state index contributed by atoms with van der Waals surface area (Å²) in [5.74, 6) is -0.854. The van der Waals surface area contributed by atoms with E-state index in [1.807, 2.05) is 0 Å². The van der Waals surface area contributed by atoms with Gasteiger partial charge in [0.15, 0.2) is 0 Å². The summed E-state index contributed by atoms with van der Waals surface area (Å²) in [5, 5.41) is 11.9. The first-order valence-electron chi connectivity index (χ1n) is 6.40. The monoisotopic (exact) mass is 240 g/mol. The van der Waals surface area contributed by atoms with E-state index in [0.29, 0.717) is 13.0 Å². The number of hydrogen-bond acceptors (Lipinski definition) is 3. The molecule has 5 heteroatoms. The van der Waals surface area contributed by atoms with Crippen LogP contribution < -0.4 is 5.32 Å². The lowest BCUT2D eigenvalue weighted by atomic mass is 9.95.